The van der Waals surface area contributed by atoms with Crippen molar-refractivity contribution in [1.29, 1.82) is 0 Å². The molecule has 2 unspecified atom stereocenters. The van der Waals surface area contributed by atoms with Crippen molar-refractivity contribution in [1.82, 2.24) is 19.9 Å². The van der Waals surface area contributed by atoms with Gasteiger partial charge in [0.15, 0.2) is 0 Å². The van der Waals surface area contributed by atoms with Gasteiger partial charge in [-0.05, 0) is 24.9 Å². The predicted octanol–water partition coefficient (Wildman–Crippen LogP) is 0.527. The minimum absolute atomic E-state index is 0. The van der Waals surface area contributed by atoms with Gasteiger partial charge >= 0.3 is 20.4 Å². The number of carboxylic acid groups (broad SMARTS) is 2. The Kier molecular flexibility index (Phi) is 8.28. The molecule has 0 spiro atoms. The summed E-state index contributed by atoms with van der Waals surface area (Å²) in [5.41, 5.74) is 1.27. The Hall–Kier alpha value is -2.06. The molecule has 0 bridgehead atoms. The number of carbonyl (C=O) groups is 2. The number of rotatable bonds is 10. The fraction of sp³-hybridized carbons (Fsp3) is 0.385. The second-order valence-electron chi connectivity index (χ2n) is 4.78. The Morgan fingerprint density at radius 1 is 0.958 bits per heavy atom. The van der Waals surface area contributed by atoms with E-state index in [-0.39, 0.29) is 39.9 Å². The SMILES string of the molecule is O=C(O)C(Cc1cnc[nH]1)[N-]C[N-]C(Cc1cnc[nH]1)C(=O)O.[Pd+2]. The number of aliphatic carboxylic acids is 2. The van der Waals surface area contributed by atoms with E-state index in [1.165, 1.54) is 25.0 Å². The molecule has 0 amide bonds. The summed E-state index contributed by atoms with van der Waals surface area (Å²) in [6, 6.07) is -2.03. The van der Waals surface area contributed by atoms with Crippen LogP contribution in [-0.2, 0) is 42.9 Å². The molecule has 0 aliphatic rings. The number of hydrogen-bond acceptors (Lipinski definition) is 4. The maximum Gasteiger partial charge on any atom is 2.00 e. The van der Waals surface area contributed by atoms with E-state index in [1.807, 2.05) is 0 Å². The molecule has 0 aliphatic heterocycles. The summed E-state index contributed by atoms with van der Waals surface area (Å²) in [6.07, 6.45) is 6.21. The van der Waals surface area contributed by atoms with E-state index in [4.69, 9.17) is 10.2 Å². The molecule has 2 aromatic rings. The van der Waals surface area contributed by atoms with Gasteiger partial charge in [-0.3, -0.25) is 16.3 Å². The zero-order valence-electron chi connectivity index (χ0n) is 12.4. The zero-order chi connectivity index (χ0) is 16.7. The number of imidazole rings is 2. The molecule has 0 aliphatic carbocycles. The van der Waals surface area contributed by atoms with Gasteiger partial charge in [-0.25, -0.2) is 9.97 Å². The van der Waals surface area contributed by atoms with E-state index in [0.717, 1.165) is 0 Å². The maximum atomic E-state index is 11.2. The van der Waals surface area contributed by atoms with Crippen LogP contribution in [0.15, 0.2) is 25.0 Å². The first kappa shape index (κ1) is 20.0. The van der Waals surface area contributed by atoms with E-state index in [9.17, 15) is 9.59 Å². The molecule has 4 N–H and O–H groups in total. The fourth-order valence-corrected chi connectivity index (χ4v) is 1.91. The van der Waals surface area contributed by atoms with Crippen LogP contribution < -0.4 is 0 Å². The van der Waals surface area contributed by atoms with Crippen molar-refractivity contribution in [3.8, 4) is 0 Å². The van der Waals surface area contributed by atoms with Crippen LogP contribution in [0, 0.1) is 0 Å². The van der Waals surface area contributed by atoms with Crippen molar-refractivity contribution in [3.05, 3.63) is 47.1 Å². The summed E-state index contributed by atoms with van der Waals surface area (Å²) in [5.74, 6) is -2.20. The fourth-order valence-electron chi connectivity index (χ4n) is 1.91. The van der Waals surface area contributed by atoms with Crippen LogP contribution in [0.1, 0.15) is 11.4 Å². The van der Waals surface area contributed by atoms with Gasteiger partial charge in [-0.15, -0.1) is 0 Å². The maximum absolute atomic E-state index is 11.2. The summed E-state index contributed by atoms with van der Waals surface area (Å²) in [7, 11) is 0. The summed E-state index contributed by atoms with van der Waals surface area (Å²) in [4.78, 5) is 35.6. The number of hydrogen-bond donors (Lipinski definition) is 4. The van der Waals surface area contributed by atoms with Gasteiger partial charge in [0.2, 0.25) is 0 Å². The van der Waals surface area contributed by atoms with Crippen LogP contribution in [0.5, 0.6) is 0 Å². The van der Waals surface area contributed by atoms with Crippen molar-refractivity contribution in [2.45, 2.75) is 24.9 Å². The minimum Gasteiger partial charge on any atom is -0.668 e. The van der Waals surface area contributed by atoms with Crippen molar-refractivity contribution in [2.24, 2.45) is 0 Å². The van der Waals surface area contributed by atoms with Gasteiger partial charge in [-0.2, -0.15) is 0 Å². The molecule has 2 aromatic heterocycles. The number of nitrogens with one attached hydrogen (secondary N) is 2. The average molecular weight is 427 g/mol. The van der Waals surface area contributed by atoms with Gasteiger partial charge in [0.25, 0.3) is 11.9 Å². The van der Waals surface area contributed by atoms with E-state index in [2.05, 4.69) is 30.6 Å². The topological polar surface area (TPSA) is 160 Å². The van der Waals surface area contributed by atoms with Crippen LogP contribution in [0.3, 0.4) is 0 Å². The van der Waals surface area contributed by atoms with Gasteiger partial charge in [-0.1, -0.05) is 0 Å². The van der Waals surface area contributed by atoms with Gasteiger partial charge in [0, 0.05) is 23.8 Å². The van der Waals surface area contributed by atoms with Gasteiger partial charge in [0.05, 0.1) is 12.7 Å². The van der Waals surface area contributed by atoms with Crippen molar-refractivity contribution < 1.29 is 40.2 Å². The second kappa shape index (κ2) is 9.94. The second-order valence-corrected chi connectivity index (χ2v) is 4.78. The molecular weight excluding hydrogens is 411 g/mol. The van der Waals surface area contributed by atoms with E-state index in [1.54, 1.807) is 0 Å². The third kappa shape index (κ3) is 6.21. The standard InChI is InChI=1S/C13H16N6O4.Pd/c20-12(21)10(1-8-3-14-5-16-8)18-7-19-11(13(22)23)2-9-4-15-6-17-9;/h3-6,10-11H,1-2,7H2,(H,14,16)(H,15,17)(H,20,21)(H,22,23);/q-2;+2. The summed E-state index contributed by atoms with van der Waals surface area (Å²) >= 11 is 0. The molecule has 0 saturated heterocycles. The van der Waals surface area contributed by atoms with Crippen molar-refractivity contribution >= 4 is 11.9 Å². The Labute approximate surface area is 151 Å². The quantitative estimate of drug-likeness (QED) is 0.405. The van der Waals surface area contributed by atoms with Crippen LogP contribution in [0.2, 0.25) is 0 Å². The number of nitrogens with zero attached hydrogens (tertiary/aromatic N) is 4. The number of aromatic nitrogens is 4. The molecule has 2 atom stereocenters. The molecule has 24 heavy (non-hydrogen) atoms. The first-order valence-electron chi connectivity index (χ1n) is 6.79. The Morgan fingerprint density at radius 3 is 1.67 bits per heavy atom. The molecule has 132 valence electrons. The molecular formula is C13H16N6O4Pd. The monoisotopic (exact) mass is 426 g/mol. The molecule has 0 radical (unpaired) electrons. The normalized spacial score (nSPS) is 13.0. The largest absolute Gasteiger partial charge is 2.00 e. The number of carboxylic acids is 2. The van der Waals surface area contributed by atoms with Gasteiger partial charge < -0.3 is 30.8 Å². The predicted molar refractivity (Wildman–Crippen MR) is 79.0 cm³/mol. The summed E-state index contributed by atoms with van der Waals surface area (Å²) in [6.45, 7) is -0.212. The number of aromatic amines is 2. The first-order chi connectivity index (χ1) is 11.1. The van der Waals surface area contributed by atoms with Crippen molar-refractivity contribution in [3.63, 3.8) is 0 Å². The third-order valence-corrected chi connectivity index (χ3v) is 3.11. The van der Waals surface area contributed by atoms with Crippen molar-refractivity contribution in [2.75, 3.05) is 6.67 Å². The Morgan fingerprint density at radius 2 is 1.38 bits per heavy atom. The van der Waals surface area contributed by atoms with Crippen LogP contribution in [0.4, 0.5) is 0 Å². The average Bonchev–Trinajstić information content (AvgIpc) is 3.18. The molecule has 2 heterocycles. The van der Waals surface area contributed by atoms with Crippen LogP contribution in [0.25, 0.3) is 10.6 Å². The minimum atomic E-state index is -1.10. The summed E-state index contributed by atoms with van der Waals surface area (Å²) < 4.78 is 0. The summed E-state index contributed by atoms with van der Waals surface area (Å²) in [5, 5.41) is 26.2. The van der Waals surface area contributed by atoms with E-state index >= 15 is 0 Å². The molecule has 10 nitrogen and oxygen atoms in total. The molecule has 2 rings (SSSR count). The van der Waals surface area contributed by atoms with E-state index in [0.29, 0.717) is 11.4 Å². The smallest absolute Gasteiger partial charge is 0.668 e. The molecule has 0 fully saturated rings. The number of H-pyrrole nitrogens is 2. The first-order valence-corrected chi connectivity index (χ1v) is 6.79. The zero-order valence-corrected chi connectivity index (χ0v) is 14.0. The molecule has 0 aromatic carbocycles. The Bertz CT molecular complexity index is 564. The third-order valence-electron chi connectivity index (χ3n) is 3.11. The van der Waals surface area contributed by atoms with Gasteiger partial charge in [0.1, 0.15) is 0 Å². The van der Waals surface area contributed by atoms with E-state index < -0.39 is 24.0 Å². The Balaban J connectivity index is 0.00000288. The molecule has 11 heteroatoms. The van der Waals surface area contributed by atoms with Crippen LogP contribution >= 0.6 is 0 Å². The van der Waals surface area contributed by atoms with Crippen LogP contribution in [-0.4, -0.2) is 60.8 Å². The molecule has 0 saturated carbocycles.